The first kappa shape index (κ1) is 12.6. The van der Waals surface area contributed by atoms with Crippen molar-refractivity contribution >= 4 is 0 Å². The molecule has 0 radical (unpaired) electrons. The lowest BCUT2D eigenvalue weighted by Gasteiger charge is -2.30. The van der Waals surface area contributed by atoms with Gasteiger partial charge < -0.3 is 15.1 Å². The quantitative estimate of drug-likeness (QED) is 0.842. The van der Waals surface area contributed by atoms with Crippen molar-refractivity contribution in [3.8, 4) is 0 Å². The molecular weight excluding hydrogens is 214 g/mol. The molecule has 0 unspecified atom stereocenters. The monoisotopic (exact) mass is 237 g/mol. The number of hydrogen-bond acceptors (Lipinski definition) is 4. The van der Waals surface area contributed by atoms with E-state index in [1.165, 1.54) is 32.5 Å². The van der Waals surface area contributed by atoms with Crippen molar-refractivity contribution in [1.29, 1.82) is 0 Å². The van der Waals surface area contributed by atoms with Gasteiger partial charge in [0, 0.05) is 12.8 Å². The van der Waals surface area contributed by atoms with Crippen LogP contribution in [-0.2, 0) is 12.8 Å². The fraction of sp³-hybridized carbons (Fsp3) is 0.769. The number of rotatable bonds is 5. The topological polar surface area (TPSA) is 55.3 Å². The van der Waals surface area contributed by atoms with E-state index in [2.05, 4.69) is 16.8 Å². The highest BCUT2D eigenvalue weighted by Gasteiger charge is 2.20. The van der Waals surface area contributed by atoms with Crippen molar-refractivity contribution in [2.45, 2.75) is 32.6 Å². The molecule has 1 aliphatic rings. The molecule has 2 rings (SSSR count). The van der Waals surface area contributed by atoms with E-state index >= 15 is 0 Å². The molecule has 1 fully saturated rings. The van der Waals surface area contributed by atoms with Gasteiger partial charge in [-0.25, -0.2) is 4.98 Å². The fourth-order valence-corrected chi connectivity index (χ4v) is 2.46. The molecule has 17 heavy (non-hydrogen) atoms. The molecule has 2 heterocycles. The summed E-state index contributed by atoms with van der Waals surface area (Å²) in [6, 6.07) is 0. The Balaban J connectivity index is 1.80. The highest BCUT2D eigenvalue weighted by Crippen LogP contribution is 2.21. The van der Waals surface area contributed by atoms with Crippen LogP contribution >= 0.6 is 0 Å². The first-order chi connectivity index (χ1) is 8.31. The Kier molecular flexibility index (Phi) is 4.57. The Labute approximate surface area is 103 Å². The van der Waals surface area contributed by atoms with Gasteiger partial charge in [-0.3, -0.25) is 0 Å². The number of hydrogen-bond donors (Lipinski definition) is 1. The summed E-state index contributed by atoms with van der Waals surface area (Å²) >= 11 is 0. The van der Waals surface area contributed by atoms with Gasteiger partial charge >= 0.3 is 0 Å². The molecule has 1 aromatic rings. The summed E-state index contributed by atoms with van der Waals surface area (Å²) in [5.74, 6) is 1.63. The first-order valence-electron chi connectivity index (χ1n) is 6.67. The minimum Gasteiger partial charge on any atom is -0.449 e. The standard InChI is InChI=1S/C13H23N3O/c1-2-16-7-4-11(5-8-16)9-13-15-12(3-6-14)10-17-13/h10-11H,2-9,14H2,1H3. The predicted molar refractivity (Wildman–Crippen MR) is 67.8 cm³/mol. The minimum atomic E-state index is 0.640. The smallest absolute Gasteiger partial charge is 0.194 e. The molecule has 0 spiro atoms. The normalized spacial score (nSPS) is 18.7. The molecule has 0 aromatic carbocycles. The zero-order chi connectivity index (χ0) is 12.1. The maximum Gasteiger partial charge on any atom is 0.194 e. The van der Waals surface area contributed by atoms with Crippen molar-refractivity contribution in [3.05, 3.63) is 17.8 Å². The average Bonchev–Trinajstić information content (AvgIpc) is 2.78. The number of nitrogens with zero attached hydrogens (tertiary/aromatic N) is 2. The third kappa shape index (κ3) is 3.54. The second-order valence-corrected chi connectivity index (χ2v) is 4.85. The largest absolute Gasteiger partial charge is 0.449 e. The molecule has 0 atom stereocenters. The van der Waals surface area contributed by atoms with Gasteiger partial charge in [0.2, 0.25) is 0 Å². The van der Waals surface area contributed by atoms with Crippen LogP contribution in [0.1, 0.15) is 31.4 Å². The second kappa shape index (κ2) is 6.17. The van der Waals surface area contributed by atoms with Crippen LogP contribution in [0.3, 0.4) is 0 Å². The van der Waals surface area contributed by atoms with Gasteiger partial charge in [0.15, 0.2) is 5.89 Å². The van der Waals surface area contributed by atoms with Crippen LogP contribution in [-0.4, -0.2) is 36.1 Å². The molecule has 0 saturated carbocycles. The minimum absolute atomic E-state index is 0.640. The summed E-state index contributed by atoms with van der Waals surface area (Å²) in [6.07, 6.45) is 6.09. The summed E-state index contributed by atoms with van der Waals surface area (Å²) in [4.78, 5) is 6.98. The number of likely N-dealkylation sites (tertiary alicyclic amines) is 1. The van der Waals surface area contributed by atoms with Crippen molar-refractivity contribution < 1.29 is 4.42 Å². The molecule has 4 heteroatoms. The van der Waals surface area contributed by atoms with Gasteiger partial charge in [-0.1, -0.05) is 6.92 Å². The Morgan fingerprint density at radius 3 is 2.88 bits per heavy atom. The van der Waals surface area contributed by atoms with Crippen molar-refractivity contribution in [1.82, 2.24) is 9.88 Å². The van der Waals surface area contributed by atoms with E-state index in [-0.39, 0.29) is 0 Å². The molecule has 0 aliphatic carbocycles. The molecular formula is C13H23N3O. The van der Waals surface area contributed by atoms with Crippen molar-refractivity contribution in [2.75, 3.05) is 26.2 Å². The van der Waals surface area contributed by atoms with Gasteiger partial charge in [0.05, 0.1) is 5.69 Å². The molecule has 0 amide bonds. The lowest BCUT2D eigenvalue weighted by Crippen LogP contribution is -2.34. The van der Waals surface area contributed by atoms with Crippen LogP contribution in [0.5, 0.6) is 0 Å². The van der Waals surface area contributed by atoms with Crippen LogP contribution in [0.25, 0.3) is 0 Å². The summed E-state index contributed by atoms with van der Waals surface area (Å²) in [6.45, 7) is 6.48. The van der Waals surface area contributed by atoms with E-state index in [4.69, 9.17) is 10.2 Å². The highest BCUT2D eigenvalue weighted by molar-refractivity contribution is 4.98. The summed E-state index contributed by atoms with van der Waals surface area (Å²) in [5.41, 5.74) is 6.49. The molecule has 1 aliphatic heterocycles. The van der Waals surface area contributed by atoms with Gasteiger partial charge in [-0.15, -0.1) is 0 Å². The van der Waals surface area contributed by atoms with Gasteiger partial charge in [-0.05, 0) is 44.9 Å². The van der Waals surface area contributed by atoms with Crippen LogP contribution < -0.4 is 5.73 Å². The van der Waals surface area contributed by atoms with Crippen LogP contribution in [0.2, 0.25) is 0 Å². The third-order valence-corrected chi connectivity index (χ3v) is 3.62. The Bertz CT molecular complexity index is 329. The highest BCUT2D eigenvalue weighted by atomic mass is 16.3. The number of nitrogens with two attached hydrogens (primary N) is 1. The van der Waals surface area contributed by atoms with E-state index in [0.29, 0.717) is 6.54 Å². The number of piperidine rings is 1. The Hall–Kier alpha value is -0.870. The lowest BCUT2D eigenvalue weighted by molar-refractivity contribution is 0.187. The van der Waals surface area contributed by atoms with E-state index in [1.54, 1.807) is 6.26 Å². The van der Waals surface area contributed by atoms with E-state index in [0.717, 1.165) is 30.3 Å². The summed E-state index contributed by atoms with van der Waals surface area (Å²) < 4.78 is 5.49. The van der Waals surface area contributed by atoms with Crippen molar-refractivity contribution in [2.24, 2.45) is 11.7 Å². The fourth-order valence-electron chi connectivity index (χ4n) is 2.46. The molecule has 4 nitrogen and oxygen atoms in total. The first-order valence-corrected chi connectivity index (χ1v) is 6.67. The molecule has 2 N–H and O–H groups in total. The van der Waals surface area contributed by atoms with Crippen LogP contribution in [0.15, 0.2) is 10.7 Å². The van der Waals surface area contributed by atoms with Gasteiger partial charge in [0.1, 0.15) is 6.26 Å². The van der Waals surface area contributed by atoms with Gasteiger partial charge in [-0.2, -0.15) is 0 Å². The predicted octanol–water partition coefficient (Wildman–Crippen LogP) is 1.45. The maximum absolute atomic E-state index is 5.50. The summed E-state index contributed by atoms with van der Waals surface area (Å²) in [7, 11) is 0. The second-order valence-electron chi connectivity index (χ2n) is 4.85. The Morgan fingerprint density at radius 1 is 1.47 bits per heavy atom. The molecule has 1 aromatic heterocycles. The molecule has 1 saturated heterocycles. The maximum atomic E-state index is 5.50. The van der Waals surface area contributed by atoms with E-state index in [9.17, 15) is 0 Å². The van der Waals surface area contributed by atoms with Crippen LogP contribution in [0, 0.1) is 5.92 Å². The molecule has 96 valence electrons. The number of oxazole rings is 1. The zero-order valence-corrected chi connectivity index (χ0v) is 10.7. The average molecular weight is 237 g/mol. The van der Waals surface area contributed by atoms with E-state index < -0.39 is 0 Å². The summed E-state index contributed by atoms with van der Waals surface area (Å²) in [5, 5.41) is 0. The van der Waals surface area contributed by atoms with Crippen LogP contribution in [0.4, 0.5) is 0 Å². The SMILES string of the molecule is CCN1CCC(Cc2nc(CCN)co2)CC1. The Morgan fingerprint density at radius 2 is 2.24 bits per heavy atom. The number of aromatic nitrogens is 1. The third-order valence-electron chi connectivity index (χ3n) is 3.62. The lowest BCUT2D eigenvalue weighted by atomic mass is 9.93. The zero-order valence-electron chi connectivity index (χ0n) is 10.7. The van der Waals surface area contributed by atoms with Crippen molar-refractivity contribution in [3.63, 3.8) is 0 Å². The van der Waals surface area contributed by atoms with Gasteiger partial charge in [0.25, 0.3) is 0 Å². The molecule has 0 bridgehead atoms. The van der Waals surface area contributed by atoms with E-state index in [1.807, 2.05) is 0 Å².